The van der Waals surface area contributed by atoms with Gasteiger partial charge in [-0.3, -0.25) is 4.79 Å². The Kier molecular flexibility index (Phi) is 4.17. The van der Waals surface area contributed by atoms with Gasteiger partial charge in [0, 0.05) is 6.07 Å². The number of aromatic nitrogens is 1. The molecule has 116 valence electrons. The van der Waals surface area contributed by atoms with E-state index in [1.54, 1.807) is 0 Å². The van der Waals surface area contributed by atoms with Gasteiger partial charge in [-0.15, -0.1) is 0 Å². The number of carbonyl (C=O) groups excluding carboxylic acids is 1. The molecule has 0 amide bonds. The highest BCUT2D eigenvalue weighted by atomic mass is 19.4. The van der Waals surface area contributed by atoms with Gasteiger partial charge in [-0.2, -0.15) is 13.2 Å². The molecule has 1 aliphatic heterocycles. The predicted molar refractivity (Wildman–Crippen MR) is 63.2 cm³/mol. The number of rotatable bonds is 2. The first kappa shape index (κ1) is 15.7. The molecular formula is C12H13F3N2O4. The Morgan fingerprint density at radius 3 is 2.71 bits per heavy atom. The third-order valence-corrected chi connectivity index (χ3v) is 2.95. The Balaban J connectivity index is 2.19. The number of ketones is 1. The van der Waals surface area contributed by atoms with Crippen LogP contribution < -0.4 is 10.5 Å². The first-order valence-electron chi connectivity index (χ1n) is 6.04. The SMILES string of the molecule is C[C@H]1O[C@@H](N)[C@H](Oc2cccc(C(F)(F)F)n2)C(=O)[C@H]1O. The van der Waals surface area contributed by atoms with E-state index < -0.39 is 48.1 Å². The number of pyridine rings is 1. The van der Waals surface area contributed by atoms with Crippen LogP contribution in [-0.4, -0.2) is 40.4 Å². The Morgan fingerprint density at radius 1 is 1.43 bits per heavy atom. The highest BCUT2D eigenvalue weighted by molar-refractivity contribution is 5.89. The lowest BCUT2D eigenvalue weighted by molar-refractivity contribution is -0.175. The highest BCUT2D eigenvalue weighted by Gasteiger charge is 2.43. The van der Waals surface area contributed by atoms with Gasteiger partial charge in [0.15, 0.2) is 6.23 Å². The van der Waals surface area contributed by atoms with E-state index in [9.17, 15) is 23.1 Å². The first-order valence-corrected chi connectivity index (χ1v) is 6.04. The molecule has 1 saturated heterocycles. The van der Waals surface area contributed by atoms with E-state index in [1.807, 2.05) is 0 Å². The number of ether oxygens (including phenoxy) is 2. The summed E-state index contributed by atoms with van der Waals surface area (Å²) in [5.41, 5.74) is 4.40. The third kappa shape index (κ3) is 3.31. The van der Waals surface area contributed by atoms with Crippen LogP contribution in [0.25, 0.3) is 0 Å². The molecule has 21 heavy (non-hydrogen) atoms. The standard InChI is InChI=1S/C12H13F3N2O4/c1-5-8(18)9(19)10(11(16)20-5)21-7-4-2-3-6(17-7)12(13,14)15/h2-5,8,10-11,18H,16H2,1H3/t5-,8+,10-,11-/m1/s1. The van der Waals surface area contributed by atoms with Crippen molar-refractivity contribution in [3.8, 4) is 5.88 Å². The summed E-state index contributed by atoms with van der Waals surface area (Å²) in [7, 11) is 0. The second kappa shape index (κ2) is 5.58. The molecule has 3 N–H and O–H groups in total. The number of hydrogen-bond donors (Lipinski definition) is 2. The van der Waals surface area contributed by atoms with Crippen molar-refractivity contribution in [2.24, 2.45) is 5.73 Å². The monoisotopic (exact) mass is 306 g/mol. The van der Waals surface area contributed by atoms with Crippen molar-refractivity contribution in [3.05, 3.63) is 23.9 Å². The van der Waals surface area contributed by atoms with E-state index in [4.69, 9.17) is 15.2 Å². The molecule has 0 bridgehead atoms. The molecule has 6 nitrogen and oxygen atoms in total. The van der Waals surface area contributed by atoms with Gasteiger partial charge in [-0.05, 0) is 13.0 Å². The van der Waals surface area contributed by atoms with Crippen LogP contribution in [-0.2, 0) is 15.7 Å². The zero-order valence-corrected chi connectivity index (χ0v) is 10.9. The van der Waals surface area contributed by atoms with Gasteiger partial charge in [0.25, 0.3) is 0 Å². The summed E-state index contributed by atoms with van der Waals surface area (Å²) in [5.74, 6) is -1.19. The summed E-state index contributed by atoms with van der Waals surface area (Å²) in [6.07, 6.45) is -9.54. The fourth-order valence-electron chi connectivity index (χ4n) is 1.85. The van der Waals surface area contributed by atoms with Crippen LogP contribution in [0.3, 0.4) is 0 Å². The van der Waals surface area contributed by atoms with E-state index in [0.29, 0.717) is 0 Å². The van der Waals surface area contributed by atoms with Crippen LogP contribution in [0.15, 0.2) is 18.2 Å². The second-order valence-electron chi connectivity index (χ2n) is 4.55. The Morgan fingerprint density at radius 2 is 2.10 bits per heavy atom. The summed E-state index contributed by atoms with van der Waals surface area (Å²) < 4.78 is 47.8. The number of hydrogen-bond acceptors (Lipinski definition) is 6. The fourth-order valence-corrected chi connectivity index (χ4v) is 1.85. The maximum absolute atomic E-state index is 12.5. The van der Waals surface area contributed by atoms with Gasteiger partial charge in [-0.25, -0.2) is 4.98 Å². The molecule has 0 aliphatic carbocycles. The van der Waals surface area contributed by atoms with E-state index in [2.05, 4.69) is 4.98 Å². The van der Waals surface area contributed by atoms with Crippen molar-refractivity contribution in [1.82, 2.24) is 4.98 Å². The van der Waals surface area contributed by atoms with E-state index in [-0.39, 0.29) is 0 Å². The van der Waals surface area contributed by atoms with Crippen molar-refractivity contribution in [2.75, 3.05) is 0 Å². The van der Waals surface area contributed by atoms with E-state index in [0.717, 1.165) is 18.2 Å². The van der Waals surface area contributed by atoms with Crippen LogP contribution in [0.4, 0.5) is 13.2 Å². The van der Waals surface area contributed by atoms with Crippen molar-refractivity contribution < 1.29 is 32.5 Å². The molecule has 1 fully saturated rings. The average Bonchev–Trinajstić information content (AvgIpc) is 2.41. The molecule has 9 heteroatoms. The third-order valence-electron chi connectivity index (χ3n) is 2.95. The van der Waals surface area contributed by atoms with Gasteiger partial charge in [-0.1, -0.05) is 6.07 Å². The summed E-state index contributed by atoms with van der Waals surface area (Å²) >= 11 is 0. The van der Waals surface area contributed by atoms with Crippen molar-refractivity contribution in [2.45, 2.75) is 37.6 Å². The van der Waals surface area contributed by atoms with Crippen LogP contribution in [0.1, 0.15) is 12.6 Å². The molecule has 4 atom stereocenters. The Labute approximate surface area is 117 Å². The van der Waals surface area contributed by atoms with Crippen LogP contribution in [0.2, 0.25) is 0 Å². The van der Waals surface area contributed by atoms with Gasteiger partial charge in [0.2, 0.25) is 17.8 Å². The Bertz CT molecular complexity index is 537. The summed E-state index contributed by atoms with van der Waals surface area (Å²) in [6.45, 7) is 1.45. The zero-order chi connectivity index (χ0) is 15.8. The average molecular weight is 306 g/mol. The number of alkyl halides is 3. The molecule has 0 aromatic carbocycles. The minimum atomic E-state index is -4.64. The van der Waals surface area contributed by atoms with Gasteiger partial charge in [0.1, 0.15) is 11.8 Å². The molecule has 0 saturated carbocycles. The van der Waals surface area contributed by atoms with Crippen LogP contribution >= 0.6 is 0 Å². The van der Waals surface area contributed by atoms with Crippen LogP contribution in [0.5, 0.6) is 5.88 Å². The number of nitrogens with zero attached hydrogens (tertiary/aromatic N) is 1. The number of halogens is 3. The molecule has 0 unspecified atom stereocenters. The lowest BCUT2D eigenvalue weighted by Gasteiger charge is -2.34. The molecule has 1 aliphatic rings. The first-order chi connectivity index (χ1) is 9.70. The van der Waals surface area contributed by atoms with E-state index in [1.165, 1.54) is 6.92 Å². The highest BCUT2D eigenvalue weighted by Crippen LogP contribution is 2.29. The number of aliphatic hydroxyl groups is 1. The Hall–Kier alpha value is -1.71. The molecule has 1 aromatic heterocycles. The normalized spacial score (nSPS) is 30.3. The number of aliphatic hydroxyl groups excluding tert-OH is 1. The summed E-state index contributed by atoms with van der Waals surface area (Å²) in [4.78, 5) is 15.1. The van der Waals surface area contributed by atoms with Gasteiger partial charge in [0.05, 0.1) is 6.10 Å². The molecule has 1 aromatic rings. The topological polar surface area (TPSA) is 94.7 Å². The summed E-state index contributed by atoms with van der Waals surface area (Å²) in [6, 6.07) is 3.01. The van der Waals surface area contributed by atoms with E-state index >= 15 is 0 Å². The largest absolute Gasteiger partial charge is 0.462 e. The quantitative estimate of drug-likeness (QED) is 0.825. The molecular weight excluding hydrogens is 293 g/mol. The maximum Gasteiger partial charge on any atom is 0.433 e. The fraction of sp³-hybridized carbons (Fsp3) is 0.500. The molecule has 2 heterocycles. The molecule has 2 rings (SSSR count). The molecule has 0 radical (unpaired) electrons. The second-order valence-corrected chi connectivity index (χ2v) is 4.55. The maximum atomic E-state index is 12.5. The lowest BCUT2D eigenvalue weighted by Crippen LogP contribution is -2.59. The van der Waals surface area contributed by atoms with Gasteiger partial charge < -0.3 is 20.3 Å². The summed E-state index contributed by atoms with van der Waals surface area (Å²) in [5, 5.41) is 9.59. The predicted octanol–water partition coefficient (Wildman–Crippen LogP) is 0.481. The number of nitrogens with two attached hydrogens (primary N) is 1. The minimum absolute atomic E-state index is 0.427. The van der Waals surface area contributed by atoms with Gasteiger partial charge >= 0.3 is 6.18 Å². The number of Topliss-reactive ketones (excluding diaryl/α,β-unsaturated/α-hetero) is 1. The number of carbonyl (C=O) groups is 1. The smallest absolute Gasteiger partial charge is 0.433 e. The molecule has 0 spiro atoms. The van der Waals surface area contributed by atoms with Crippen LogP contribution in [0, 0.1) is 0 Å². The lowest BCUT2D eigenvalue weighted by atomic mass is 10.0. The minimum Gasteiger partial charge on any atom is -0.462 e. The van der Waals surface area contributed by atoms with Crippen molar-refractivity contribution >= 4 is 5.78 Å². The zero-order valence-electron chi connectivity index (χ0n) is 10.9. The van der Waals surface area contributed by atoms with Crippen molar-refractivity contribution in [3.63, 3.8) is 0 Å². The van der Waals surface area contributed by atoms with Crippen molar-refractivity contribution in [1.29, 1.82) is 0 Å².